The largest absolute Gasteiger partial charge is 0.398 e. The first-order chi connectivity index (χ1) is 8.16. The standard InChI is InChI=1S/C14H20N2O/c1-10-6-8-11(9-7-10)16-14(17)12-4-2-3-5-13(12)15/h2-5,10-11H,6-9,15H2,1H3,(H,16,17). The number of carbonyl (C=O) groups excluding carboxylic acids is 1. The van der Waals surface area contributed by atoms with Gasteiger partial charge in [0.15, 0.2) is 0 Å². The molecule has 1 aliphatic carbocycles. The highest BCUT2D eigenvalue weighted by atomic mass is 16.1. The van der Waals surface area contributed by atoms with Crippen LogP contribution in [0.15, 0.2) is 24.3 Å². The first kappa shape index (κ1) is 12.0. The zero-order valence-electron chi connectivity index (χ0n) is 10.3. The molecule has 0 heterocycles. The molecule has 0 radical (unpaired) electrons. The van der Waals surface area contributed by atoms with Gasteiger partial charge in [-0.15, -0.1) is 0 Å². The van der Waals surface area contributed by atoms with Gasteiger partial charge in [0.25, 0.3) is 5.91 Å². The summed E-state index contributed by atoms with van der Waals surface area (Å²) >= 11 is 0. The highest BCUT2D eigenvalue weighted by Gasteiger charge is 2.20. The summed E-state index contributed by atoms with van der Waals surface area (Å²) in [5.41, 5.74) is 6.93. The highest BCUT2D eigenvalue weighted by molar-refractivity contribution is 5.99. The number of nitrogens with one attached hydrogen (secondary N) is 1. The number of hydrogen-bond donors (Lipinski definition) is 2. The minimum absolute atomic E-state index is 0.0392. The van der Waals surface area contributed by atoms with Gasteiger partial charge in [-0.3, -0.25) is 4.79 Å². The maximum absolute atomic E-state index is 12.0. The normalized spacial score (nSPS) is 24.3. The Balaban J connectivity index is 1.96. The van der Waals surface area contributed by atoms with Crippen molar-refractivity contribution in [1.29, 1.82) is 0 Å². The topological polar surface area (TPSA) is 55.1 Å². The van der Waals surface area contributed by atoms with E-state index in [1.807, 2.05) is 12.1 Å². The van der Waals surface area contributed by atoms with Crippen molar-refractivity contribution in [1.82, 2.24) is 5.32 Å². The fourth-order valence-electron chi connectivity index (χ4n) is 2.37. The quantitative estimate of drug-likeness (QED) is 0.770. The van der Waals surface area contributed by atoms with Crippen LogP contribution < -0.4 is 11.1 Å². The van der Waals surface area contributed by atoms with Crippen LogP contribution in [0.25, 0.3) is 0 Å². The number of benzene rings is 1. The molecular weight excluding hydrogens is 212 g/mol. The lowest BCUT2D eigenvalue weighted by Gasteiger charge is -2.27. The van der Waals surface area contributed by atoms with E-state index in [0.717, 1.165) is 18.8 Å². The summed E-state index contributed by atoms with van der Waals surface area (Å²) in [6.45, 7) is 2.27. The van der Waals surface area contributed by atoms with Crippen LogP contribution in [0.2, 0.25) is 0 Å². The van der Waals surface area contributed by atoms with Crippen LogP contribution in [0.3, 0.4) is 0 Å². The smallest absolute Gasteiger partial charge is 0.253 e. The second kappa shape index (κ2) is 5.21. The molecule has 0 unspecified atom stereocenters. The fourth-order valence-corrected chi connectivity index (χ4v) is 2.37. The van der Waals surface area contributed by atoms with Crippen molar-refractivity contribution < 1.29 is 4.79 Å². The summed E-state index contributed by atoms with van der Waals surface area (Å²) in [6, 6.07) is 7.54. The molecule has 2 rings (SSSR count). The molecule has 17 heavy (non-hydrogen) atoms. The van der Waals surface area contributed by atoms with Gasteiger partial charge in [-0.2, -0.15) is 0 Å². The van der Waals surface area contributed by atoms with Crippen molar-refractivity contribution in [3.63, 3.8) is 0 Å². The van der Waals surface area contributed by atoms with Gasteiger partial charge in [0.1, 0.15) is 0 Å². The maximum atomic E-state index is 12.0. The zero-order chi connectivity index (χ0) is 12.3. The van der Waals surface area contributed by atoms with Crippen LogP contribution in [0, 0.1) is 5.92 Å². The van der Waals surface area contributed by atoms with Crippen molar-refractivity contribution >= 4 is 11.6 Å². The third kappa shape index (κ3) is 2.99. The van der Waals surface area contributed by atoms with Crippen molar-refractivity contribution in [2.24, 2.45) is 5.92 Å². The van der Waals surface area contributed by atoms with Gasteiger partial charge in [0, 0.05) is 11.7 Å². The lowest BCUT2D eigenvalue weighted by atomic mass is 9.87. The summed E-state index contributed by atoms with van der Waals surface area (Å²) in [4.78, 5) is 12.0. The summed E-state index contributed by atoms with van der Waals surface area (Å²) in [5.74, 6) is 0.757. The molecule has 1 fully saturated rings. The molecule has 0 spiro atoms. The van der Waals surface area contributed by atoms with Gasteiger partial charge in [0.05, 0.1) is 5.56 Å². The Morgan fingerprint density at radius 3 is 2.53 bits per heavy atom. The third-order valence-corrected chi connectivity index (χ3v) is 3.56. The van der Waals surface area contributed by atoms with E-state index in [9.17, 15) is 4.79 Å². The molecule has 0 bridgehead atoms. The molecule has 1 amide bonds. The number of rotatable bonds is 2. The van der Waals surface area contributed by atoms with Crippen LogP contribution in [-0.2, 0) is 0 Å². The Morgan fingerprint density at radius 1 is 1.24 bits per heavy atom. The van der Waals surface area contributed by atoms with E-state index < -0.39 is 0 Å². The summed E-state index contributed by atoms with van der Waals surface area (Å²) in [5, 5.41) is 3.08. The average molecular weight is 232 g/mol. The Bertz CT molecular complexity index is 395. The number of carbonyl (C=O) groups is 1. The first-order valence-corrected chi connectivity index (χ1v) is 6.32. The van der Waals surface area contributed by atoms with Crippen molar-refractivity contribution in [2.75, 3.05) is 5.73 Å². The van der Waals surface area contributed by atoms with E-state index in [1.165, 1.54) is 12.8 Å². The van der Waals surface area contributed by atoms with Crippen LogP contribution >= 0.6 is 0 Å². The molecule has 0 saturated heterocycles. The number of nitrogens with two attached hydrogens (primary N) is 1. The summed E-state index contributed by atoms with van der Waals surface area (Å²) in [6.07, 6.45) is 4.57. The second-order valence-corrected chi connectivity index (χ2v) is 5.02. The molecule has 1 aromatic rings. The van der Waals surface area contributed by atoms with Gasteiger partial charge in [0.2, 0.25) is 0 Å². The molecule has 3 N–H and O–H groups in total. The van der Waals surface area contributed by atoms with Gasteiger partial charge >= 0.3 is 0 Å². The molecule has 92 valence electrons. The van der Waals surface area contributed by atoms with Crippen LogP contribution in [0.1, 0.15) is 43.0 Å². The fraction of sp³-hybridized carbons (Fsp3) is 0.500. The third-order valence-electron chi connectivity index (χ3n) is 3.56. The highest BCUT2D eigenvalue weighted by Crippen LogP contribution is 2.23. The Morgan fingerprint density at radius 2 is 1.88 bits per heavy atom. The summed E-state index contributed by atoms with van der Waals surface area (Å²) < 4.78 is 0. The van der Waals surface area contributed by atoms with Gasteiger partial charge in [-0.25, -0.2) is 0 Å². The maximum Gasteiger partial charge on any atom is 0.253 e. The number of hydrogen-bond acceptors (Lipinski definition) is 2. The molecule has 1 aromatic carbocycles. The van der Waals surface area contributed by atoms with Gasteiger partial charge in [-0.05, 0) is 43.7 Å². The Hall–Kier alpha value is -1.51. The summed E-state index contributed by atoms with van der Waals surface area (Å²) in [7, 11) is 0. The van der Waals surface area contributed by atoms with Crippen molar-refractivity contribution in [2.45, 2.75) is 38.6 Å². The molecule has 0 atom stereocenters. The monoisotopic (exact) mass is 232 g/mol. The van der Waals surface area contributed by atoms with Gasteiger partial charge < -0.3 is 11.1 Å². The minimum Gasteiger partial charge on any atom is -0.398 e. The predicted octanol–water partition coefficient (Wildman–Crippen LogP) is 2.58. The van der Waals surface area contributed by atoms with Gasteiger partial charge in [-0.1, -0.05) is 19.1 Å². The molecule has 3 heteroatoms. The number of amides is 1. The van der Waals surface area contributed by atoms with E-state index in [2.05, 4.69) is 12.2 Å². The van der Waals surface area contributed by atoms with Crippen LogP contribution in [0.5, 0.6) is 0 Å². The molecule has 1 saturated carbocycles. The number of nitrogen functional groups attached to an aromatic ring is 1. The Labute approximate surface area is 102 Å². The molecule has 0 aromatic heterocycles. The minimum atomic E-state index is -0.0392. The molecule has 0 aliphatic heterocycles. The van der Waals surface area contributed by atoms with E-state index in [0.29, 0.717) is 17.3 Å². The van der Waals surface area contributed by atoms with E-state index in [1.54, 1.807) is 12.1 Å². The number of para-hydroxylation sites is 1. The average Bonchev–Trinajstić information content (AvgIpc) is 2.32. The molecule has 3 nitrogen and oxygen atoms in total. The van der Waals surface area contributed by atoms with Crippen molar-refractivity contribution in [3.8, 4) is 0 Å². The molecule has 1 aliphatic rings. The van der Waals surface area contributed by atoms with E-state index in [-0.39, 0.29) is 5.91 Å². The zero-order valence-corrected chi connectivity index (χ0v) is 10.3. The van der Waals surface area contributed by atoms with E-state index in [4.69, 9.17) is 5.73 Å². The number of anilines is 1. The first-order valence-electron chi connectivity index (χ1n) is 6.32. The SMILES string of the molecule is CC1CCC(NC(=O)c2ccccc2N)CC1. The van der Waals surface area contributed by atoms with Crippen molar-refractivity contribution in [3.05, 3.63) is 29.8 Å². The lowest BCUT2D eigenvalue weighted by molar-refractivity contribution is 0.0924. The predicted molar refractivity (Wildman–Crippen MR) is 69.7 cm³/mol. The lowest BCUT2D eigenvalue weighted by Crippen LogP contribution is -2.37. The van der Waals surface area contributed by atoms with Crippen LogP contribution in [-0.4, -0.2) is 11.9 Å². The molecular formula is C14H20N2O. The van der Waals surface area contributed by atoms with Crippen LogP contribution in [0.4, 0.5) is 5.69 Å². The Kier molecular flexibility index (Phi) is 3.67. The second-order valence-electron chi connectivity index (χ2n) is 5.02. The van der Waals surface area contributed by atoms with E-state index >= 15 is 0 Å².